The fraction of sp³-hybridized carbons (Fsp3) is 0.467. The standard InChI is InChI=1S/C15H19ClN2O3/c16-11-3-1-10(2-4-11)15(21)17-9-14(20)18-12-5-7-13(19)8-6-12/h1-4,12-13,19H,5-9H2,(H,17,21)(H,18,20). The van der Waals surface area contributed by atoms with Crippen LogP contribution >= 0.6 is 11.6 Å². The van der Waals surface area contributed by atoms with Gasteiger partial charge < -0.3 is 15.7 Å². The molecule has 21 heavy (non-hydrogen) atoms. The van der Waals surface area contributed by atoms with Gasteiger partial charge in [0.25, 0.3) is 5.91 Å². The molecule has 0 radical (unpaired) electrons. The highest BCUT2D eigenvalue weighted by Gasteiger charge is 2.20. The second kappa shape index (κ2) is 7.43. The first-order valence-corrected chi connectivity index (χ1v) is 7.43. The molecule has 0 saturated heterocycles. The lowest BCUT2D eigenvalue weighted by atomic mass is 9.93. The van der Waals surface area contributed by atoms with Crippen LogP contribution in [0.15, 0.2) is 24.3 Å². The number of hydrogen-bond acceptors (Lipinski definition) is 3. The third-order valence-electron chi connectivity index (χ3n) is 3.58. The number of carbonyl (C=O) groups excluding carboxylic acids is 2. The van der Waals surface area contributed by atoms with E-state index in [4.69, 9.17) is 11.6 Å². The van der Waals surface area contributed by atoms with Crippen molar-refractivity contribution < 1.29 is 14.7 Å². The van der Waals surface area contributed by atoms with E-state index in [1.165, 1.54) is 0 Å². The SMILES string of the molecule is O=C(CNC(=O)c1ccc(Cl)cc1)NC1CCC(O)CC1. The lowest BCUT2D eigenvalue weighted by Gasteiger charge is -2.26. The van der Waals surface area contributed by atoms with Crippen molar-refractivity contribution in [3.8, 4) is 0 Å². The summed E-state index contributed by atoms with van der Waals surface area (Å²) in [7, 11) is 0. The molecule has 5 nitrogen and oxygen atoms in total. The zero-order chi connectivity index (χ0) is 15.2. The van der Waals surface area contributed by atoms with Gasteiger partial charge in [0, 0.05) is 16.6 Å². The molecule has 1 saturated carbocycles. The van der Waals surface area contributed by atoms with Gasteiger partial charge in [-0.1, -0.05) is 11.6 Å². The average molecular weight is 311 g/mol. The van der Waals surface area contributed by atoms with Gasteiger partial charge >= 0.3 is 0 Å². The third-order valence-corrected chi connectivity index (χ3v) is 3.83. The monoisotopic (exact) mass is 310 g/mol. The molecule has 0 heterocycles. The highest BCUT2D eigenvalue weighted by atomic mass is 35.5. The van der Waals surface area contributed by atoms with Gasteiger partial charge in [-0.3, -0.25) is 9.59 Å². The molecule has 2 amide bonds. The molecule has 114 valence electrons. The van der Waals surface area contributed by atoms with Gasteiger partial charge in [-0.25, -0.2) is 0 Å². The Bertz CT molecular complexity index is 496. The smallest absolute Gasteiger partial charge is 0.251 e. The number of aliphatic hydroxyl groups excluding tert-OH is 1. The number of nitrogens with one attached hydrogen (secondary N) is 2. The van der Waals surface area contributed by atoms with Gasteiger partial charge in [0.05, 0.1) is 12.6 Å². The average Bonchev–Trinajstić information content (AvgIpc) is 2.48. The van der Waals surface area contributed by atoms with Gasteiger partial charge in [-0.15, -0.1) is 0 Å². The topological polar surface area (TPSA) is 78.4 Å². The zero-order valence-corrected chi connectivity index (χ0v) is 12.4. The molecule has 0 bridgehead atoms. The first-order chi connectivity index (χ1) is 10.0. The summed E-state index contributed by atoms with van der Waals surface area (Å²) in [5.74, 6) is -0.514. The van der Waals surface area contributed by atoms with E-state index in [2.05, 4.69) is 10.6 Å². The number of rotatable bonds is 4. The fourth-order valence-electron chi connectivity index (χ4n) is 2.36. The van der Waals surface area contributed by atoms with E-state index in [0.717, 1.165) is 12.8 Å². The highest BCUT2D eigenvalue weighted by molar-refractivity contribution is 6.30. The summed E-state index contributed by atoms with van der Waals surface area (Å²) in [6, 6.07) is 6.57. The molecule has 0 spiro atoms. The van der Waals surface area contributed by atoms with E-state index in [1.54, 1.807) is 24.3 Å². The van der Waals surface area contributed by atoms with Crippen molar-refractivity contribution >= 4 is 23.4 Å². The summed E-state index contributed by atoms with van der Waals surface area (Å²) in [5.41, 5.74) is 0.466. The molecular formula is C15H19ClN2O3. The molecule has 0 unspecified atom stereocenters. The van der Waals surface area contributed by atoms with E-state index in [9.17, 15) is 14.7 Å². The van der Waals surface area contributed by atoms with Crippen LogP contribution in [0.4, 0.5) is 0 Å². The van der Waals surface area contributed by atoms with Crippen molar-refractivity contribution in [2.45, 2.75) is 37.8 Å². The minimum absolute atomic E-state index is 0.0550. The number of amides is 2. The first-order valence-electron chi connectivity index (χ1n) is 7.06. The van der Waals surface area contributed by atoms with Gasteiger partial charge in [0.15, 0.2) is 0 Å². The molecule has 1 aliphatic carbocycles. The molecule has 6 heteroatoms. The lowest BCUT2D eigenvalue weighted by Crippen LogP contribution is -2.43. The van der Waals surface area contributed by atoms with Crippen molar-refractivity contribution in [3.05, 3.63) is 34.9 Å². The van der Waals surface area contributed by atoms with Crippen LogP contribution in [0.5, 0.6) is 0 Å². The Hall–Kier alpha value is -1.59. The Balaban J connectivity index is 1.73. The van der Waals surface area contributed by atoms with Crippen molar-refractivity contribution in [3.63, 3.8) is 0 Å². The summed E-state index contributed by atoms with van der Waals surface area (Å²) in [4.78, 5) is 23.6. The van der Waals surface area contributed by atoms with E-state index in [0.29, 0.717) is 23.4 Å². The number of halogens is 1. The molecular weight excluding hydrogens is 292 g/mol. The molecule has 1 aromatic carbocycles. The van der Waals surface area contributed by atoms with Crippen molar-refractivity contribution in [2.24, 2.45) is 0 Å². The van der Waals surface area contributed by atoms with E-state index >= 15 is 0 Å². The number of hydrogen-bond donors (Lipinski definition) is 3. The Morgan fingerprint density at radius 3 is 2.38 bits per heavy atom. The Labute approximate surface area is 128 Å². The van der Waals surface area contributed by atoms with Crippen molar-refractivity contribution in [1.29, 1.82) is 0 Å². The Morgan fingerprint density at radius 1 is 1.14 bits per heavy atom. The first kappa shape index (κ1) is 15.8. The minimum Gasteiger partial charge on any atom is -0.393 e. The lowest BCUT2D eigenvalue weighted by molar-refractivity contribution is -0.121. The normalized spacial score (nSPS) is 21.6. The molecule has 1 aromatic rings. The maximum atomic E-state index is 11.8. The van der Waals surface area contributed by atoms with Crippen LogP contribution in [0.2, 0.25) is 5.02 Å². The predicted octanol–water partition coefficient (Wildman–Crippen LogP) is 1.49. The van der Waals surface area contributed by atoms with E-state index in [-0.39, 0.29) is 30.5 Å². The van der Waals surface area contributed by atoms with Crippen molar-refractivity contribution in [1.82, 2.24) is 10.6 Å². The fourth-order valence-corrected chi connectivity index (χ4v) is 2.49. The van der Waals surface area contributed by atoms with Crippen LogP contribution in [-0.4, -0.2) is 35.6 Å². The molecule has 1 aliphatic rings. The molecule has 0 aromatic heterocycles. The summed E-state index contributed by atoms with van der Waals surface area (Å²) < 4.78 is 0. The van der Waals surface area contributed by atoms with E-state index < -0.39 is 0 Å². The number of carbonyl (C=O) groups is 2. The zero-order valence-electron chi connectivity index (χ0n) is 11.6. The van der Waals surface area contributed by atoms with Crippen LogP contribution in [0.25, 0.3) is 0 Å². The quantitative estimate of drug-likeness (QED) is 0.788. The molecule has 2 rings (SSSR count). The van der Waals surface area contributed by atoms with Crippen LogP contribution in [0.3, 0.4) is 0 Å². The molecule has 3 N–H and O–H groups in total. The molecule has 0 aliphatic heterocycles. The maximum absolute atomic E-state index is 11.8. The van der Waals surface area contributed by atoms with Gasteiger partial charge in [-0.2, -0.15) is 0 Å². The third kappa shape index (κ3) is 5.02. The van der Waals surface area contributed by atoms with Crippen LogP contribution in [-0.2, 0) is 4.79 Å². The Morgan fingerprint density at radius 2 is 1.76 bits per heavy atom. The minimum atomic E-state index is -0.305. The number of aliphatic hydroxyl groups is 1. The van der Waals surface area contributed by atoms with Gasteiger partial charge in [0.1, 0.15) is 0 Å². The van der Waals surface area contributed by atoms with Gasteiger partial charge in [0.2, 0.25) is 5.91 Å². The summed E-state index contributed by atoms with van der Waals surface area (Å²) in [5, 5.41) is 15.4. The van der Waals surface area contributed by atoms with Crippen LogP contribution in [0.1, 0.15) is 36.0 Å². The second-order valence-electron chi connectivity index (χ2n) is 5.26. The Kier molecular flexibility index (Phi) is 5.59. The van der Waals surface area contributed by atoms with Crippen molar-refractivity contribution in [2.75, 3.05) is 6.54 Å². The number of benzene rings is 1. The highest BCUT2D eigenvalue weighted by Crippen LogP contribution is 2.18. The maximum Gasteiger partial charge on any atom is 0.251 e. The summed E-state index contributed by atoms with van der Waals surface area (Å²) in [6.45, 7) is -0.0550. The molecule has 1 fully saturated rings. The largest absolute Gasteiger partial charge is 0.393 e. The van der Waals surface area contributed by atoms with Gasteiger partial charge in [-0.05, 0) is 49.9 Å². The summed E-state index contributed by atoms with van der Waals surface area (Å²) >= 11 is 5.75. The predicted molar refractivity (Wildman–Crippen MR) is 80.2 cm³/mol. The van der Waals surface area contributed by atoms with Crippen LogP contribution < -0.4 is 10.6 Å². The van der Waals surface area contributed by atoms with E-state index in [1.807, 2.05) is 0 Å². The van der Waals surface area contributed by atoms with Crippen LogP contribution in [0, 0.1) is 0 Å². The second-order valence-corrected chi connectivity index (χ2v) is 5.70. The summed E-state index contributed by atoms with van der Waals surface area (Å²) in [6.07, 6.45) is 2.73. The molecule has 0 atom stereocenters.